The molecule has 0 saturated heterocycles. The van der Waals surface area contributed by atoms with E-state index in [4.69, 9.17) is 4.99 Å². The van der Waals surface area contributed by atoms with Crippen molar-refractivity contribution in [1.29, 1.82) is 0 Å². The van der Waals surface area contributed by atoms with Gasteiger partial charge in [-0.25, -0.2) is 15.0 Å². The topological polar surface area (TPSA) is 42.5 Å². The van der Waals surface area contributed by atoms with E-state index in [9.17, 15) is 0 Å². The fourth-order valence-corrected chi connectivity index (χ4v) is 2.91. The average molecular weight is 326 g/mol. The second-order valence-corrected chi connectivity index (χ2v) is 5.99. The number of imidazole rings is 1. The first kappa shape index (κ1) is 15.3. The maximum absolute atomic E-state index is 4.88. The first-order valence-electron chi connectivity index (χ1n) is 8.23. The number of aliphatic imine (C=N–C) groups is 1. The van der Waals surface area contributed by atoms with Crippen LogP contribution in [0.5, 0.6) is 0 Å². The van der Waals surface area contributed by atoms with Gasteiger partial charge in [0, 0.05) is 17.3 Å². The second kappa shape index (κ2) is 6.32. The Hall–Kier alpha value is -3.27. The Labute approximate surface area is 146 Å². The highest BCUT2D eigenvalue weighted by atomic mass is 15.1. The van der Waals surface area contributed by atoms with Crippen LogP contribution in [0.25, 0.3) is 5.65 Å². The third-order valence-electron chi connectivity index (χ3n) is 4.03. The number of rotatable bonds is 3. The van der Waals surface area contributed by atoms with Crippen LogP contribution in [0.4, 0.5) is 5.82 Å². The summed E-state index contributed by atoms with van der Waals surface area (Å²) in [6.07, 6.45) is 3.92. The molecule has 0 bridgehead atoms. The number of aromatic nitrogens is 3. The molecule has 0 radical (unpaired) electrons. The summed E-state index contributed by atoms with van der Waals surface area (Å²) >= 11 is 0. The van der Waals surface area contributed by atoms with Gasteiger partial charge >= 0.3 is 0 Å². The van der Waals surface area contributed by atoms with Gasteiger partial charge in [-0.15, -0.1) is 0 Å². The SMILES string of the molecule is Cc1cn2cc(N=C(c3ccccc3)c3ccccc3)nc(C)c2n1. The van der Waals surface area contributed by atoms with Crippen molar-refractivity contribution in [3.05, 3.63) is 95.6 Å². The second-order valence-electron chi connectivity index (χ2n) is 5.99. The molecule has 0 aliphatic rings. The van der Waals surface area contributed by atoms with Gasteiger partial charge in [0.15, 0.2) is 11.5 Å². The van der Waals surface area contributed by atoms with Gasteiger partial charge in [-0.05, 0) is 13.8 Å². The molecule has 0 spiro atoms. The van der Waals surface area contributed by atoms with Crippen molar-refractivity contribution in [3.63, 3.8) is 0 Å². The molecular weight excluding hydrogens is 308 g/mol. The number of hydrogen-bond donors (Lipinski definition) is 0. The number of aryl methyl sites for hydroxylation is 2. The zero-order chi connectivity index (χ0) is 17.2. The Kier molecular flexibility index (Phi) is 3.86. The van der Waals surface area contributed by atoms with Gasteiger partial charge in [0.05, 0.1) is 23.3 Å². The molecule has 4 heteroatoms. The number of fused-ring (bicyclic) bond motifs is 1. The van der Waals surface area contributed by atoms with Gasteiger partial charge in [0.1, 0.15) is 0 Å². The van der Waals surface area contributed by atoms with Crippen molar-refractivity contribution in [2.75, 3.05) is 0 Å². The molecule has 0 atom stereocenters. The van der Waals surface area contributed by atoms with Crippen molar-refractivity contribution < 1.29 is 0 Å². The average Bonchev–Trinajstić information content (AvgIpc) is 3.02. The molecular formula is C21H18N4. The van der Waals surface area contributed by atoms with E-state index < -0.39 is 0 Å². The molecule has 0 unspecified atom stereocenters. The minimum atomic E-state index is 0.671. The van der Waals surface area contributed by atoms with Crippen LogP contribution >= 0.6 is 0 Å². The highest BCUT2D eigenvalue weighted by molar-refractivity contribution is 6.13. The normalized spacial score (nSPS) is 10.8. The maximum Gasteiger partial charge on any atom is 0.169 e. The molecule has 0 fully saturated rings. The molecule has 0 aliphatic carbocycles. The van der Waals surface area contributed by atoms with Crippen LogP contribution < -0.4 is 0 Å². The van der Waals surface area contributed by atoms with Crippen molar-refractivity contribution in [2.45, 2.75) is 13.8 Å². The van der Waals surface area contributed by atoms with E-state index in [-0.39, 0.29) is 0 Å². The molecule has 4 nitrogen and oxygen atoms in total. The summed E-state index contributed by atoms with van der Waals surface area (Å²) in [5, 5.41) is 0. The van der Waals surface area contributed by atoms with Crippen LogP contribution in [0.15, 0.2) is 78.0 Å². The Morgan fingerprint density at radius 3 is 2.00 bits per heavy atom. The summed E-state index contributed by atoms with van der Waals surface area (Å²) < 4.78 is 1.99. The summed E-state index contributed by atoms with van der Waals surface area (Å²) in [6.45, 7) is 3.94. The molecule has 2 aromatic carbocycles. The van der Waals surface area contributed by atoms with E-state index in [0.29, 0.717) is 5.82 Å². The first-order valence-corrected chi connectivity index (χ1v) is 8.23. The smallest absolute Gasteiger partial charge is 0.169 e. The van der Waals surface area contributed by atoms with Crippen LogP contribution in [-0.2, 0) is 0 Å². The van der Waals surface area contributed by atoms with E-state index in [2.05, 4.69) is 34.2 Å². The summed E-state index contributed by atoms with van der Waals surface area (Å²) in [5.74, 6) is 0.671. The summed E-state index contributed by atoms with van der Waals surface area (Å²) in [7, 11) is 0. The van der Waals surface area contributed by atoms with Crippen molar-refractivity contribution in [2.24, 2.45) is 4.99 Å². The zero-order valence-corrected chi connectivity index (χ0v) is 14.2. The van der Waals surface area contributed by atoms with E-state index in [1.807, 2.05) is 67.0 Å². The molecule has 4 aromatic rings. The fraction of sp³-hybridized carbons (Fsp3) is 0.0952. The molecule has 0 aliphatic heterocycles. The standard InChI is InChI=1S/C21H18N4/c1-15-13-25-14-19(23-16(2)21(25)22-15)24-20(17-9-5-3-6-10-17)18-11-7-4-8-12-18/h3-14H,1-2H3. The van der Waals surface area contributed by atoms with Gasteiger partial charge in [-0.3, -0.25) is 0 Å². The Balaban J connectivity index is 1.90. The highest BCUT2D eigenvalue weighted by Gasteiger charge is 2.09. The summed E-state index contributed by atoms with van der Waals surface area (Å²) in [4.78, 5) is 14.0. The van der Waals surface area contributed by atoms with Gasteiger partial charge < -0.3 is 4.40 Å². The monoisotopic (exact) mass is 326 g/mol. The lowest BCUT2D eigenvalue weighted by atomic mass is 10.0. The number of hydrogen-bond acceptors (Lipinski definition) is 3. The summed E-state index contributed by atoms with van der Waals surface area (Å²) in [5.41, 5.74) is 5.75. The van der Waals surface area contributed by atoms with Gasteiger partial charge in [-0.2, -0.15) is 0 Å². The van der Waals surface area contributed by atoms with Gasteiger partial charge in [-0.1, -0.05) is 60.7 Å². The lowest BCUT2D eigenvalue weighted by Gasteiger charge is -2.08. The Morgan fingerprint density at radius 2 is 1.40 bits per heavy atom. The van der Waals surface area contributed by atoms with Crippen molar-refractivity contribution in [1.82, 2.24) is 14.4 Å². The summed E-state index contributed by atoms with van der Waals surface area (Å²) in [6, 6.07) is 20.4. The molecule has 122 valence electrons. The van der Waals surface area contributed by atoms with Crippen LogP contribution in [0.3, 0.4) is 0 Å². The van der Waals surface area contributed by atoms with Crippen molar-refractivity contribution >= 4 is 17.2 Å². The Bertz CT molecular complexity index is 1010. The third-order valence-corrected chi connectivity index (χ3v) is 4.03. The number of benzene rings is 2. The van der Waals surface area contributed by atoms with E-state index in [0.717, 1.165) is 33.9 Å². The lowest BCUT2D eigenvalue weighted by Crippen LogP contribution is -2.03. The van der Waals surface area contributed by atoms with Crippen LogP contribution in [-0.4, -0.2) is 20.1 Å². The number of nitrogens with zero attached hydrogens (tertiary/aromatic N) is 4. The minimum Gasteiger partial charge on any atom is -0.302 e. The van der Waals surface area contributed by atoms with E-state index in [1.54, 1.807) is 0 Å². The maximum atomic E-state index is 4.88. The molecule has 0 saturated carbocycles. The lowest BCUT2D eigenvalue weighted by molar-refractivity contribution is 1.07. The van der Waals surface area contributed by atoms with Crippen LogP contribution in [0, 0.1) is 13.8 Å². The predicted octanol–water partition coefficient (Wildman–Crippen LogP) is 4.52. The molecule has 0 amide bonds. The van der Waals surface area contributed by atoms with Gasteiger partial charge in [0.25, 0.3) is 0 Å². The fourth-order valence-electron chi connectivity index (χ4n) is 2.91. The molecule has 0 N–H and O–H groups in total. The Morgan fingerprint density at radius 1 is 0.800 bits per heavy atom. The zero-order valence-electron chi connectivity index (χ0n) is 14.2. The van der Waals surface area contributed by atoms with Crippen LogP contribution in [0.1, 0.15) is 22.5 Å². The van der Waals surface area contributed by atoms with E-state index >= 15 is 0 Å². The van der Waals surface area contributed by atoms with E-state index in [1.165, 1.54) is 0 Å². The predicted molar refractivity (Wildman–Crippen MR) is 101 cm³/mol. The molecule has 4 rings (SSSR count). The highest BCUT2D eigenvalue weighted by Crippen LogP contribution is 2.19. The molecule has 2 heterocycles. The largest absolute Gasteiger partial charge is 0.302 e. The molecule has 2 aromatic heterocycles. The van der Waals surface area contributed by atoms with Crippen LogP contribution in [0.2, 0.25) is 0 Å². The minimum absolute atomic E-state index is 0.671. The first-order chi connectivity index (χ1) is 12.2. The quantitative estimate of drug-likeness (QED) is 0.520. The molecule has 25 heavy (non-hydrogen) atoms. The van der Waals surface area contributed by atoms with Crippen molar-refractivity contribution in [3.8, 4) is 0 Å². The third kappa shape index (κ3) is 3.06. The van der Waals surface area contributed by atoms with Gasteiger partial charge in [0.2, 0.25) is 0 Å².